The minimum Gasteiger partial charge on any atom is -0.476 e. The standard InChI is InChI=1S/C24H28BrClFNO5/c1-23(2,3)33-22(30)28-12-8-11-17(29)24(14-9-6-5-7-10-14)21(31-4)18-16(32-24)13-15(27)20(26)19(18)25/h5-7,9-10,13,17,21,29H,8,11-12H2,1-4H3,(H,28,30)/t17?,21-,24-/m0/s1. The fourth-order valence-electron chi connectivity index (χ4n) is 4.02. The summed E-state index contributed by atoms with van der Waals surface area (Å²) in [6.07, 6.45) is -1.63. The first-order valence-corrected chi connectivity index (χ1v) is 11.8. The Balaban J connectivity index is 1.87. The predicted molar refractivity (Wildman–Crippen MR) is 127 cm³/mol. The van der Waals surface area contributed by atoms with Crippen LogP contribution in [0.4, 0.5) is 9.18 Å². The van der Waals surface area contributed by atoms with Crippen LogP contribution in [0.1, 0.15) is 50.8 Å². The minimum atomic E-state index is -1.34. The Hall–Kier alpha value is -1.87. The first-order valence-electron chi connectivity index (χ1n) is 10.6. The number of alkyl carbamates (subject to hydrolysis) is 1. The summed E-state index contributed by atoms with van der Waals surface area (Å²) in [5, 5.41) is 14.0. The number of hydrogen-bond donors (Lipinski definition) is 2. The number of nitrogens with one attached hydrogen (secondary N) is 1. The van der Waals surface area contributed by atoms with Crippen molar-refractivity contribution < 1.29 is 28.5 Å². The van der Waals surface area contributed by atoms with Gasteiger partial charge >= 0.3 is 6.09 Å². The van der Waals surface area contributed by atoms with Crippen molar-refractivity contribution in [1.29, 1.82) is 0 Å². The van der Waals surface area contributed by atoms with E-state index in [4.69, 9.17) is 25.8 Å². The van der Waals surface area contributed by atoms with Gasteiger partial charge in [0.1, 0.15) is 29.4 Å². The van der Waals surface area contributed by atoms with Crippen molar-refractivity contribution in [3.8, 4) is 5.75 Å². The number of methoxy groups -OCH3 is 1. The number of aliphatic hydroxyl groups is 1. The van der Waals surface area contributed by atoms with Crippen LogP contribution in [-0.2, 0) is 15.1 Å². The Labute approximate surface area is 206 Å². The first kappa shape index (κ1) is 25.7. The van der Waals surface area contributed by atoms with Crippen LogP contribution in [0.5, 0.6) is 5.75 Å². The van der Waals surface area contributed by atoms with Gasteiger partial charge in [-0.15, -0.1) is 0 Å². The number of fused-ring (bicyclic) bond motifs is 1. The number of halogens is 3. The molecule has 2 N–H and O–H groups in total. The van der Waals surface area contributed by atoms with Crippen molar-refractivity contribution in [3.63, 3.8) is 0 Å². The molecule has 1 aliphatic rings. The second kappa shape index (κ2) is 10.2. The molecule has 2 aromatic carbocycles. The van der Waals surface area contributed by atoms with Crippen molar-refractivity contribution in [1.82, 2.24) is 5.32 Å². The summed E-state index contributed by atoms with van der Waals surface area (Å²) < 4.78 is 32.0. The third-order valence-corrected chi connectivity index (χ3v) is 6.79. The van der Waals surface area contributed by atoms with Crippen LogP contribution in [0.3, 0.4) is 0 Å². The average molecular weight is 545 g/mol. The number of hydrogen-bond acceptors (Lipinski definition) is 5. The molecule has 1 aliphatic heterocycles. The van der Waals surface area contributed by atoms with E-state index in [1.165, 1.54) is 13.2 Å². The number of amides is 1. The van der Waals surface area contributed by atoms with E-state index in [9.17, 15) is 14.3 Å². The molecular formula is C24H28BrClFNO5. The molecule has 0 saturated carbocycles. The highest BCUT2D eigenvalue weighted by atomic mass is 79.9. The van der Waals surface area contributed by atoms with E-state index in [-0.39, 0.29) is 17.2 Å². The molecule has 1 amide bonds. The van der Waals surface area contributed by atoms with Crippen molar-refractivity contribution in [2.45, 2.75) is 57.0 Å². The number of carbonyl (C=O) groups is 1. The maximum atomic E-state index is 14.4. The molecule has 0 fully saturated rings. The molecule has 2 aromatic rings. The number of ether oxygens (including phenoxy) is 3. The summed E-state index contributed by atoms with van der Waals surface area (Å²) in [5.74, 6) is -0.400. The van der Waals surface area contributed by atoms with Crippen LogP contribution in [-0.4, -0.2) is 36.6 Å². The largest absolute Gasteiger partial charge is 0.476 e. The Bertz CT molecular complexity index is 1000. The Morgan fingerprint density at radius 2 is 2.03 bits per heavy atom. The average Bonchev–Trinajstić information content (AvgIpc) is 3.09. The molecule has 1 unspecified atom stereocenters. The third-order valence-electron chi connectivity index (χ3n) is 5.37. The van der Waals surface area contributed by atoms with E-state index in [1.807, 2.05) is 30.3 Å². The van der Waals surface area contributed by atoms with Crippen LogP contribution in [0, 0.1) is 5.82 Å². The summed E-state index contributed by atoms with van der Waals surface area (Å²) in [5.41, 5.74) is -0.744. The molecule has 33 heavy (non-hydrogen) atoms. The van der Waals surface area contributed by atoms with E-state index >= 15 is 0 Å². The summed E-state index contributed by atoms with van der Waals surface area (Å²) >= 11 is 9.50. The fraction of sp³-hybridized carbons (Fsp3) is 0.458. The normalized spacial score (nSPS) is 20.7. The molecule has 0 saturated heterocycles. The summed E-state index contributed by atoms with van der Waals surface area (Å²) in [6.45, 7) is 5.65. The first-order chi connectivity index (χ1) is 15.5. The van der Waals surface area contributed by atoms with E-state index in [1.54, 1.807) is 20.8 Å². The van der Waals surface area contributed by atoms with E-state index in [0.717, 1.165) is 0 Å². The molecule has 6 nitrogen and oxygen atoms in total. The molecule has 3 rings (SSSR count). The van der Waals surface area contributed by atoms with E-state index in [2.05, 4.69) is 21.2 Å². The zero-order valence-electron chi connectivity index (χ0n) is 19.0. The van der Waals surface area contributed by atoms with Crippen LogP contribution in [0.2, 0.25) is 5.02 Å². The highest BCUT2D eigenvalue weighted by Crippen LogP contribution is 2.56. The molecule has 0 bridgehead atoms. The molecule has 1 heterocycles. The number of carbonyl (C=O) groups excluding carboxylic acids is 1. The number of aliphatic hydroxyl groups excluding tert-OH is 1. The topological polar surface area (TPSA) is 77.0 Å². The molecule has 0 aromatic heterocycles. The lowest BCUT2D eigenvalue weighted by Gasteiger charge is -2.38. The maximum absolute atomic E-state index is 14.4. The maximum Gasteiger partial charge on any atom is 0.407 e. The molecule has 0 spiro atoms. The summed E-state index contributed by atoms with van der Waals surface area (Å²) in [6, 6.07) is 10.4. The predicted octanol–water partition coefficient (Wildman–Crippen LogP) is 5.88. The molecular weight excluding hydrogens is 517 g/mol. The zero-order valence-corrected chi connectivity index (χ0v) is 21.3. The van der Waals surface area contributed by atoms with Gasteiger partial charge in [-0.05, 0) is 49.5 Å². The van der Waals surface area contributed by atoms with Gasteiger partial charge in [-0.25, -0.2) is 9.18 Å². The highest BCUT2D eigenvalue weighted by Gasteiger charge is 2.56. The van der Waals surface area contributed by atoms with Gasteiger partial charge in [-0.1, -0.05) is 41.9 Å². The second-order valence-corrected chi connectivity index (χ2v) is 10.0. The lowest BCUT2D eigenvalue weighted by atomic mass is 9.80. The summed E-state index contributed by atoms with van der Waals surface area (Å²) in [4.78, 5) is 11.9. The second-order valence-electron chi connectivity index (χ2n) is 8.86. The zero-order chi connectivity index (χ0) is 24.4. The lowest BCUT2D eigenvalue weighted by Crippen LogP contribution is -2.47. The Morgan fingerprint density at radius 3 is 2.64 bits per heavy atom. The molecule has 9 heteroatoms. The summed E-state index contributed by atoms with van der Waals surface area (Å²) in [7, 11) is 1.50. The van der Waals surface area contributed by atoms with Gasteiger partial charge in [0.05, 0.1) is 5.02 Å². The van der Waals surface area contributed by atoms with Crippen LogP contribution < -0.4 is 10.1 Å². The van der Waals surface area contributed by atoms with Crippen molar-refractivity contribution in [2.24, 2.45) is 0 Å². The molecule has 0 aliphatic carbocycles. The van der Waals surface area contributed by atoms with E-state index in [0.29, 0.717) is 28.6 Å². The lowest BCUT2D eigenvalue weighted by molar-refractivity contribution is -0.131. The van der Waals surface area contributed by atoms with Gasteiger partial charge in [0.2, 0.25) is 0 Å². The molecule has 180 valence electrons. The molecule has 0 radical (unpaired) electrons. The molecule has 3 atom stereocenters. The quantitative estimate of drug-likeness (QED) is 0.336. The third kappa shape index (κ3) is 5.29. The monoisotopic (exact) mass is 543 g/mol. The van der Waals surface area contributed by atoms with Gasteiger partial charge in [0.15, 0.2) is 5.60 Å². The van der Waals surface area contributed by atoms with Gasteiger partial charge in [0.25, 0.3) is 0 Å². The SMILES string of the molecule is CO[C@H]1c2c(cc(F)c(Cl)c2Br)O[C@@]1(c1ccccc1)C(O)CCCNC(=O)OC(C)(C)C. The highest BCUT2D eigenvalue weighted by molar-refractivity contribution is 9.10. The van der Waals surface area contributed by atoms with Crippen LogP contribution >= 0.6 is 27.5 Å². The van der Waals surface area contributed by atoms with Gasteiger partial charge in [-0.3, -0.25) is 0 Å². The van der Waals surface area contributed by atoms with Gasteiger partial charge in [-0.2, -0.15) is 0 Å². The van der Waals surface area contributed by atoms with Gasteiger partial charge < -0.3 is 24.6 Å². The van der Waals surface area contributed by atoms with Crippen LogP contribution in [0.15, 0.2) is 40.9 Å². The number of benzene rings is 2. The number of rotatable bonds is 7. The van der Waals surface area contributed by atoms with Gasteiger partial charge in [0, 0.05) is 35.3 Å². The van der Waals surface area contributed by atoms with Crippen molar-refractivity contribution >= 4 is 33.6 Å². The Kier molecular flexibility index (Phi) is 7.94. The van der Waals surface area contributed by atoms with Crippen molar-refractivity contribution in [3.05, 3.63) is 62.8 Å². The fourth-order valence-corrected chi connectivity index (χ4v) is 4.77. The van der Waals surface area contributed by atoms with Crippen molar-refractivity contribution in [2.75, 3.05) is 13.7 Å². The minimum absolute atomic E-state index is 0.0840. The Morgan fingerprint density at radius 1 is 1.36 bits per heavy atom. The smallest absolute Gasteiger partial charge is 0.407 e. The van der Waals surface area contributed by atoms with E-state index < -0.39 is 35.3 Å². The van der Waals surface area contributed by atoms with Crippen LogP contribution in [0.25, 0.3) is 0 Å².